The molecule has 3 atom stereocenters. The Bertz CT molecular complexity index is 1280. The molecule has 0 radical (unpaired) electrons. The maximum absolute atomic E-state index is 13.3. The lowest BCUT2D eigenvalue weighted by molar-refractivity contribution is -0.132. The minimum atomic E-state index is -0.756. The van der Waals surface area contributed by atoms with Crippen LogP contribution < -0.4 is 5.73 Å². The van der Waals surface area contributed by atoms with E-state index in [1.54, 1.807) is 25.2 Å². The summed E-state index contributed by atoms with van der Waals surface area (Å²) in [4.78, 5) is 23.9. The molecule has 1 aromatic heterocycles. The molecule has 0 saturated carbocycles. The Labute approximate surface area is 210 Å². The lowest BCUT2D eigenvalue weighted by atomic mass is 9.84. The van der Waals surface area contributed by atoms with Crippen LogP contribution >= 0.6 is 11.3 Å². The molecular formula is C27H28N6OS. The summed E-state index contributed by atoms with van der Waals surface area (Å²) in [5.74, 6) is 0.181. The summed E-state index contributed by atoms with van der Waals surface area (Å²) >= 11 is 1.54. The molecule has 4 rings (SSSR count). The molecule has 3 heterocycles. The zero-order chi connectivity index (χ0) is 25.2. The number of likely N-dealkylation sites (tertiary alicyclic amines) is 1. The highest BCUT2D eigenvalue weighted by atomic mass is 32.1. The first kappa shape index (κ1) is 24.4. The van der Waals surface area contributed by atoms with Gasteiger partial charge in [0.2, 0.25) is 5.91 Å². The van der Waals surface area contributed by atoms with Crippen LogP contribution in [0, 0.1) is 34.5 Å². The number of thiophene rings is 1. The molecule has 0 spiro atoms. The van der Waals surface area contributed by atoms with E-state index >= 15 is 0 Å². The van der Waals surface area contributed by atoms with Crippen LogP contribution in [0.4, 0.5) is 0 Å². The van der Waals surface area contributed by atoms with Crippen molar-refractivity contribution in [3.63, 3.8) is 0 Å². The molecule has 2 aromatic rings. The standard InChI is InChI=1S/C27H28N6OS/c1-4-5-6-7-18(2)15-33-16-22-25(34)32(3)26(30)31-27(22,17-33)24-9-8-23(35-24)21-11-19(13-28)10-20(12-21)14-29/h4-12,18,22H,15-17H2,1-3H3,(H2,30,31)/b5-4-,7-6-/t18?,22-,27-/m0/s1. The second kappa shape index (κ2) is 9.87. The summed E-state index contributed by atoms with van der Waals surface area (Å²) < 4.78 is 0. The minimum Gasteiger partial charge on any atom is -0.369 e. The monoisotopic (exact) mass is 484 g/mol. The molecule has 1 saturated heterocycles. The highest BCUT2D eigenvalue weighted by Crippen LogP contribution is 2.47. The average Bonchev–Trinajstić information content (AvgIpc) is 3.49. The van der Waals surface area contributed by atoms with Crippen LogP contribution in [-0.4, -0.2) is 48.3 Å². The molecule has 2 aliphatic heterocycles. The van der Waals surface area contributed by atoms with Crippen LogP contribution in [0.2, 0.25) is 0 Å². The van der Waals surface area contributed by atoms with Crippen molar-refractivity contribution in [2.45, 2.75) is 19.4 Å². The van der Waals surface area contributed by atoms with Crippen molar-refractivity contribution in [1.29, 1.82) is 10.5 Å². The van der Waals surface area contributed by atoms with E-state index in [0.717, 1.165) is 21.9 Å². The molecule has 7 nitrogen and oxygen atoms in total. The normalized spacial score (nSPS) is 23.3. The van der Waals surface area contributed by atoms with Gasteiger partial charge in [-0.1, -0.05) is 31.2 Å². The van der Waals surface area contributed by atoms with E-state index < -0.39 is 5.54 Å². The fraction of sp³-hybridized carbons (Fsp3) is 0.333. The van der Waals surface area contributed by atoms with Gasteiger partial charge < -0.3 is 5.73 Å². The Hall–Kier alpha value is -3.72. The van der Waals surface area contributed by atoms with Gasteiger partial charge in [-0.15, -0.1) is 11.3 Å². The largest absolute Gasteiger partial charge is 0.369 e. The molecule has 1 fully saturated rings. The van der Waals surface area contributed by atoms with Crippen molar-refractivity contribution in [1.82, 2.24) is 9.80 Å². The second-order valence-corrected chi connectivity index (χ2v) is 10.2. The van der Waals surface area contributed by atoms with E-state index in [2.05, 4.69) is 36.1 Å². The summed E-state index contributed by atoms with van der Waals surface area (Å²) in [5, 5.41) is 18.7. The Morgan fingerprint density at radius 3 is 2.63 bits per heavy atom. The molecule has 8 heteroatoms. The molecule has 2 N–H and O–H groups in total. The molecule has 0 bridgehead atoms. The van der Waals surface area contributed by atoms with Gasteiger partial charge in [0.25, 0.3) is 0 Å². The van der Waals surface area contributed by atoms with Gasteiger partial charge >= 0.3 is 0 Å². The minimum absolute atomic E-state index is 0.0229. The smallest absolute Gasteiger partial charge is 0.236 e. The number of nitrogens with two attached hydrogens (primary N) is 1. The van der Waals surface area contributed by atoms with Crippen molar-refractivity contribution in [2.75, 3.05) is 26.7 Å². The maximum atomic E-state index is 13.3. The van der Waals surface area contributed by atoms with Crippen molar-refractivity contribution in [3.05, 3.63) is 70.6 Å². The topological polar surface area (TPSA) is 110 Å². The van der Waals surface area contributed by atoms with Crippen LogP contribution in [0.3, 0.4) is 0 Å². The van der Waals surface area contributed by atoms with E-state index in [1.807, 2.05) is 31.2 Å². The predicted octanol–water partition coefficient (Wildman–Crippen LogP) is 3.84. The number of hydrogen-bond donors (Lipinski definition) is 1. The van der Waals surface area contributed by atoms with E-state index in [9.17, 15) is 15.3 Å². The number of benzene rings is 1. The van der Waals surface area contributed by atoms with Crippen molar-refractivity contribution in [2.24, 2.45) is 22.6 Å². The van der Waals surface area contributed by atoms with Crippen LogP contribution in [0.5, 0.6) is 0 Å². The summed E-state index contributed by atoms with van der Waals surface area (Å²) in [6.07, 6.45) is 8.22. The van der Waals surface area contributed by atoms with Crippen LogP contribution in [0.1, 0.15) is 29.9 Å². The highest BCUT2D eigenvalue weighted by molar-refractivity contribution is 7.15. The Morgan fingerprint density at radius 1 is 1.26 bits per heavy atom. The molecule has 1 aromatic carbocycles. The lowest BCUT2D eigenvalue weighted by Gasteiger charge is -2.37. The van der Waals surface area contributed by atoms with Gasteiger partial charge in [0, 0.05) is 36.4 Å². The molecule has 35 heavy (non-hydrogen) atoms. The van der Waals surface area contributed by atoms with Crippen LogP contribution in [0.15, 0.2) is 59.6 Å². The third-order valence-electron chi connectivity index (χ3n) is 6.57. The van der Waals surface area contributed by atoms with Gasteiger partial charge in [-0.3, -0.25) is 14.6 Å². The number of fused-ring (bicyclic) bond motifs is 1. The van der Waals surface area contributed by atoms with Gasteiger partial charge in [-0.05, 0) is 48.7 Å². The van der Waals surface area contributed by atoms with E-state index in [0.29, 0.717) is 30.1 Å². The number of allylic oxidation sites excluding steroid dienone is 3. The third kappa shape index (κ3) is 4.64. The Morgan fingerprint density at radius 2 is 1.97 bits per heavy atom. The highest BCUT2D eigenvalue weighted by Gasteiger charge is 2.55. The fourth-order valence-corrected chi connectivity index (χ4v) is 6.02. The predicted molar refractivity (Wildman–Crippen MR) is 138 cm³/mol. The zero-order valence-corrected chi connectivity index (χ0v) is 20.9. The van der Waals surface area contributed by atoms with Gasteiger partial charge in [0.15, 0.2) is 5.96 Å². The molecule has 0 aliphatic carbocycles. The van der Waals surface area contributed by atoms with Crippen molar-refractivity contribution >= 4 is 23.2 Å². The number of nitrogens with zero attached hydrogens (tertiary/aromatic N) is 5. The molecular weight excluding hydrogens is 456 g/mol. The second-order valence-electron chi connectivity index (χ2n) is 9.11. The Balaban J connectivity index is 1.71. The van der Waals surface area contributed by atoms with Crippen LogP contribution in [0.25, 0.3) is 10.4 Å². The number of aliphatic imine (C=N–C) groups is 1. The van der Waals surface area contributed by atoms with Crippen molar-refractivity contribution < 1.29 is 4.79 Å². The molecule has 178 valence electrons. The van der Waals surface area contributed by atoms with E-state index in [-0.39, 0.29) is 17.8 Å². The molecule has 1 amide bonds. The van der Waals surface area contributed by atoms with E-state index in [4.69, 9.17) is 10.7 Å². The number of amides is 1. The molecule has 2 aliphatic rings. The number of nitriles is 2. The summed E-state index contributed by atoms with van der Waals surface area (Å²) in [6.45, 7) is 6.17. The lowest BCUT2D eigenvalue weighted by Crippen LogP contribution is -2.54. The first-order chi connectivity index (χ1) is 16.8. The number of hydrogen-bond acceptors (Lipinski definition) is 7. The summed E-state index contributed by atoms with van der Waals surface area (Å²) in [5.41, 5.74) is 7.14. The quantitative estimate of drug-likeness (QED) is 0.627. The van der Waals surface area contributed by atoms with Crippen molar-refractivity contribution in [3.8, 4) is 22.6 Å². The number of guanidine groups is 1. The van der Waals surface area contributed by atoms with Gasteiger partial charge in [-0.2, -0.15) is 10.5 Å². The van der Waals surface area contributed by atoms with Gasteiger partial charge in [-0.25, -0.2) is 4.99 Å². The van der Waals surface area contributed by atoms with Gasteiger partial charge in [0.05, 0.1) is 29.2 Å². The molecule has 1 unspecified atom stereocenters. The summed E-state index contributed by atoms with van der Waals surface area (Å²) in [6, 6.07) is 13.4. The maximum Gasteiger partial charge on any atom is 0.236 e. The first-order valence-corrected chi connectivity index (χ1v) is 12.3. The first-order valence-electron chi connectivity index (χ1n) is 11.5. The number of carbonyl (C=O) groups excluding carboxylic acids is 1. The average molecular weight is 485 g/mol. The van der Waals surface area contributed by atoms with Gasteiger partial charge in [0.1, 0.15) is 5.54 Å². The summed E-state index contributed by atoms with van der Waals surface area (Å²) in [7, 11) is 1.67. The number of rotatable bonds is 6. The van der Waals surface area contributed by atoms with Crippen LogP contribution in [-0.2, 0) is 10.3 Å². The number of carbonyl (C=O) groups is 1. The fourth-order valence-electron chi connectivity index (χ4n) is 4.85. The zero-order valence-electron chi connectivity index (χ0n) is 20.1. The van der Waals surface area contributed by atoms with E-state index in [1.165, 1.54) is 16.2 Å². The Kier molecular flexibility index (Phi) is 6.88. The third-order valence-corrected chi connectivity index (χ3v) is 7.87. The SMILES string of the molecule is C/C=C\C=C/C(C)CN1C[C@H]2C(=O)N(C)C(N)=N[C@@]2(c2ccc(-c3cc(C#N)cc(C#N)c3)s2)C1.